The number of rotatable bonds is 11. The molecule has 1 amide bonds. The maximum Gasteiger partial charge on any atom is 0.326 e. The van der Waals surface area contributed by atoms with E-state index in [-0.39, 0.29) is 41.9 Å². The van der Waals surface area contributed by atoms with E-state index in [0.29, 0.717) is 34.6 Å². The number of pyridine rings is 1. The van der Waals surface area contributed by atoms with Gasteiger partial charge in [-0.15, -0.1) is 0 Å². The highest BCUT2D eigenvalue weighted by molar-refractivity contribution is 7.90. The van der Waals surface area contributed by atoms with Gasteiger partial charge in [-0.3, -0.25) is 15.0 Å². The SMILES string of the molecule is Cc1c(C)c(S(=O)(=O)NC(=N)NCCC[C@H](NC(=O)c2ccc(Cc3cccc(F)c3)[nH]c2=O)C(=O)O)c(C)c2c1OC(C)(C)CC2. The summed E-state index contributed by atoms with van der Waals surface area (Å²) in [6.07, 6.45) is 1.69. The molecule has 0 saturated carbocycles. The van der Waals surface area contributed by atoms with E-state index < -0.39 is 45.3 Å². The van der Waals surface area contributed by atoms with Gasteiger partial charge in [0.05, 0.1) is 4.90 Å². The van der Waals surface area contributed by atoms with Crippen LogP contribution >= 0.6 is 0 Å². The number of benzene rings is 2. The standard InChI is InChI=1S/C33H40FN5O7S/c1-18-19(2)28(20(3)24-13-14-33(4,5)46-27(18)24)47(44,45)39-32(35)36-15-7-10-26(31(42)43)38-30(41)25-12-11-23(37-29(25)40)17-21-8-6-9-22(34)16-21/h6,8-9,11-12,16,26H,7,10,13-15,17H2,1-5H3,(H,37,40)(H,38,41)(H,42,43)(H3,35,36,39)/t26-/m0/s1. The van der Waals surface area contributed by atoms with Crippen LogP contribution in [-0.2, 0) is 27.7 Å². The first-order valence-electron chi connectivity index (χ1n) is 15.2. The zero-order valence-electron chi connectivity index (χ0n) is 27.0. The van der Waals surface area contributed by atoms with Gasteiger partial charge >= 0.3 is 5.97 Å². The van der Waals surface area contributed by atoms with Crippen LogP contribution in [0.5, 0.6) is 5.75 Å². The van der Waals surface area contributed by atoms with E-state index >= 15 is 0 Å². The number of H-pyrrole nitrogens is 1. The average Bonchev–Trinajstić information content (AvgIpc) is 2.96. The Morgan fingerprint density at radius 2 is 1.85 bits per heavy atom. The molecule has 0 fully saturated rings. The third kappa shape index (κ3) is 8.36. The minimum atomic E-state index is -4.14. The topological polar surface area (TPSA) is 191 Å². The molecule has 2 heterocycles. The lowest BCUT2D eigenvalue weighted by atomic mass is 9.88. The molecule has 0 unspecified atom stereocenters. The summed E-state index contributed by atoms with van der Waals surface area (Å²) >= 11 is 0. The lowest BCUT2D eigenvalue weighted by molar-refractivity contribution is -0.139. The summed E-state index contributed by atoms with van der Waals surface area (Å²) in [5.41, 5.74) is 2.35. The fraction of sp³-hybridized carbons (Fsp3) is 0.394. The number of hydrogen-bond acceptors (Lipinski definition) is 7. The minimum Gasteiger partial charge on any atom is -0.487 e. The average molecular weight is 670 g/mol. The molecule has 2 aromatic carbocycles. The number of aromatic nitrogens is 1. The van der Waals surface area contributed by atoms with Crippen molar-refractivity contribution in [2.75, 3.05) is 6.54 Å². The fourth-order valence-corrected chi connectivity index (χ4v) is 7.17. The van der Waals surface area contributed by atoms with Crippen LogP contribution < -0.4 is 25.7 Å². The Labute approximate surface area is 272 Å². The van der Waals surface area contributed by atoms with E-state index in [4.69, 9.17) is 10.1 Å². The molecule has 1 aliphatic heterocycles. The van der Waals surface area contributed by atoms with Crippen LogP contribution in [0, 0.1) is 32.0 Å². The van der Waals surface area contributed by atoms with Crippen molar-refractivity contribution >= 4 is 27.9 Å². The second-order valence-electron chi connectivity index (χ2n) is 12.3. The Kier molecular flexibility index (Phi) is 10.4. The molecule has 0 bridgehead atoms. The number of hydrogen-bond donors (Lipinski definition) is 6. The maximum atomic E-state index is 13.5. The van der Waals surface area contributed by atoms with Crippen molar-refractivity contribution < 1.29 is 32.2 Å². The van der Waals surface area contributed by atoms with Crippen LogP contribution in [0.3, 0.4) is 0 Å². The number of guanidine groups is 1. The Hall–Kier alpha value is -4.72. The maximum absolute atomic E-state index is 13.5. The number of carboxylic acids is 1. The highest BCUT2D eigenvalue weighted by atomic mass is 32.2. The molecule has 6 N–H and O–H groups in total. The first kappa shape index (κ1) is 35.1. The molecule has 1 aliphatic rings. The lowest BCUT2D eigenvalue weighted by Gasteiger charge is -2.35. The van der Waals surface area contributed by atoms with Crippen molar-refractivity contribution in [3.63, 3.8) is 0 Å². The number of nitrogens with one attached hydrogen (secondary N) is 5. The van der Waals surface area contributed by atoms with E-state index in [1.165, 1.54) is 24.3 Å². The first-order chi connectivity index (χ1) is 22.0. The van der Waals surface area contributed by atoms with Gasteiger partial charge < -0.3 is 25.5 Å². The molecule has 14 heteroatoms. The summed E-state index contributed by atoms with van der Waals surface area (Å²) in [6, 6.07) is 7.29. The number of halogens is 1. The normalized spacial score (nSPS) is 14.3. The van der Waals surface area contributed by atoms with Crippen LogP contribution in [0.4, 0.5) is 4.39 Å². The Balaban J connectivity index is 1.32. The summed E-state index contributed by atoms with van der Waals surface area (Å²) < 4.78 is 48.7. The molecule has 1 aromatic heterocycles. The van der Waals surface area contributed by atoms with Gasteiger partial charge in [0, 0.05) is 18.7 Å². The molecule has 0 spiro atoms. The minimum absolute atomic E-state index is 0.0282. The largest absolute Gasteiger partial charge is 0.487 e. The number of aliphatic carboxylic acids is 1. The molecule has 12 nitrogen and oxygen atoms in total. The molecule has 4 rings (SSSR count). The van der Waals surface area contributed by atoms with E-state index in [0.717, 1.165) is 17.5 Å². The molecule has 0 aliphatic carbocycles. The Morgan fingerprint density at radius 1 is 1.13 bits per heavy atom. The van der Waals surface area contributed by atoms with Gasteiger partial charge in [0.15, 0.2) is 0 Å². The molecule has 3 aromatic rings. The van der Waals surface area contributed by atoms with E-state index in [9.17, 15) is 32.3 Å². The van der Waals surface area contributed by atoms with Crippen LogP contribution in [0.15, 0.2) is 46.1 Å². The number of amides is 1. The quantitative estimate of drug-likeness (QED) is 0.101. The van der Waals surface area contributed by atoms with Gasteiger partial charge in [0.2, 0.25) is 5.96 Å². The summed E-state index contributed by atoms with van der Waals surface area (Å²) in [5, 5.41) is 22.8. The third-order valence-corrected chi connectivity index (χ3v) is 9.87. The van der Waals surface area contributed by atoms with Gasteiger partial charge in [-0.05, 0) is 112 Å². The van der Waals surface area contributed by atoms with Crippen LogP contribution in [0.25, 0.3) is 0 Å². The summed E-state index contributed by atoms with van der Waals surface area (Å²) in [6.45, 7) is 9.26. The predicted molar refractivity (Wildman–Crippen MR) is 174 cm³/mol. The van der Waals surface area contributed by atoms with Crippen molar-refractivity contribution in [1.29, 1.82) is 5.41 Å². The fourth-order valence-electron chi connectivity index (χ4n) is 5.65. The molecule has 0 radical (unpaired) electrons. The summed E-state index contributed by atoms with van der Waals surface area (Å²) in [4.78, 5) is 39.8. The highest BCUT2D eigenvalue weighted by Gasteiger charge is 2.33. The molecular weight excluding hydrogens is 629 g/mol. The van der Waals surface area contributed by atoms with Crippen molar-refractivity contribution in [1.82, 2.24) is 20.3 Å². The van der Waals surface area contributed by atoms with Crippen LogP contribution in [0.2, 0.25) is 0 Å². The summed E-state index contributed by atoms with van der Waals surface area (Å²) in [5.74, 6) is -2.42. The number of fused-ring (bicyclic) bond motifs is 1. The second kappa shape index (κ2) is 14.0. The third-order valence-electron chi connectivity index (χ3n) is 8.24. The monoisotopic (exact) mass is 669 g/mol. The van der Waals surface area contributed by atoms with E-state index in [2.05, 4.69) is 20.3 Å². The van der Waals surface area contributed by atoms with Crippen LogP contribution in [0.1, 0.15) is 77.0 Å². The van der Waals surface area contributed by atoms with Crippen LogP contribution in [-0.4, -0.2) is 54.5 Å². The zero-order valence-corrected chi connectivity index (χ0v) is 27.8. The highest BCUT2D eigenvalue weighted by Crippen LogP contribution is 2.42. The molecular formula is C33H40FN5O7S. The number of carbonyl (C=O) groups excluding carboxylic acids is 1. The first-order valence-corrected chi connectivity index (χ1v) is 16.6. The van der Waals surface area contributed by atoms with E-state index in [1.54, 1.807) is 26.0 Å². The number of sulfonamides is 1. The second-order valence-corrected chi connectivity index (χ2v) is 13.9. The Morgan fingerprint density at radius 3 is 2.51 bits per heavy atom. The number of carbonyl (C=O) groups is 2. The lowest BCUT2D eigenvalue weighted by Crippen LogP contribution is -2.44. The van der Waals surface area contributed by atoms with Gasteiger partial charge in [-0.25, -0.2) is 22.3 Å². The smallest absolute Gasteiger partial charge is 0.326 e. The zero-order chi connectivity index (χ0) is 34.7. The number of aromatic amines is 1. The predicted octanol–water partition coefficient (Wildman–Crippen LogP) is 3.60. The van der Waals surface area contributed by atoms with Gasteiger partial charge in [-0.2, -0.15) is 0 Å². The molecule has 252 valence electrons. The van der Waals surface area contributed by atoms with Crippen molar-refractivity contribution in [3.05, 3.63) is 91.6 Å². The van der Waals surface area contributed by atoms with Gasteiger partial charge in [0.1, 0.15) is 28.8 Å². The van der Waals surface area contributed by atoms with Gasteiger partial charge in [0.25, 0.3) is 21.5 Å². The number of ether oxygens (including phenoxy) is 1. The number of carboxylic acid groups (broad SMARTS) is 1. The molecule has 1 atom stereocenters. The molecule has 47 heavy (non-hydrogen) atoms. The van der Waals surface area contributed by atoms with Crippen molar-refractivity contribution in [2.24, 2.45) is 0 Å². The van der Waals surface area contributed by atoms with Gasteiger partial charge in [-0.1, -0.05) is 12.1 Å². The van der Waals surface area contributed by atoms with E-state index in [1.807, 2.05) is 20.8 Å². The molecule has 0 saturated heterocycles. The van der Waals surface area contributed by atoms with Crippen molar-refractivity contribution in [2.45, 2.75) is 83.3 Å². The summed E-state index contributed by atoms with van der Waals surface area (Å²) in [7, 11) is -4.14. The Bertz CT molecular complexity index is 1890. The van der Waals surface area contributed by atoms with Crippen molar-refractivity contribution in [3.8, 4) is 5.75 Å².